The number of esters is 1. The van der Waals surface area contributed by atoms with Gasteiger partial charge in [0, 0.05) is 18.8 Å². The molecule has 1 heterocycles. The van der Waals surface area contributed by atoms with Crippen LogP contribution in [0.4, 0.5) is 4.79 Å². The molecule has 1 amide bonds. The van der Waals surface area contributed by atoms with E-state index in [2.05, 4.69) is 22.1 Å². The highest BCUT2D eigenvalue weighted by Crippen LogP contribution is 2.21. The molecule has 2 rings (SSSR count). The molecule has 0 saturated carbocycles. The Labute approximate surface area is 185 Å². The molecule has 0 saturated heterocycles. The van der Waals surface area contributed by atoms with Gasteiger partial charge in [0.05, 0.1) is 15.6 Å². The molecule has 1 aromatic heterocycles. The Morgan fingerprint density at radius 3 is 2.37 bits per heavy atom. The fraction of sp³-hybridized carbons (Fsp3) is 0.318. The minimum atomic E-state index is -1.03. The highest BCUT2D eigenvalue weighted by atomic mass is 35.5. The lowest BCUT2D eigenvalue weighted by molar-refractivity contribution is -0.147. The van der Waals surface area contributed by atoms with Crippen LogP contribution < -0.4 is 5.32 Å². The second kappa shape index (κ2) is 10.9. The van der Waals surface area contributed by atoms with Gasteiger partial charge in [0.25, 0.3) is 0 Å². The van der Waals surface area contributed by atoms with Crippen LogP contribution in [0.3, 0.4) is 0 Å². The molecule has 0 unspecified atom stereocenters. The summed E-state index contributed by atoms with van der Waals surface area (Å²) in [4.78, 5) is 28.6. The van der Waals surface area contributed by atoms with Gasteiger partial charge in [-0.1, -0.05) is 65.4 Å². The number of nitrogens with one attached hydrogen (secondary N) is 1. The summed E-state index contributed by atoms with van der Waals surface area (Å²) in [6, 6.07) is 8.17. The van der Waals surface area contributed by atoms with E-state index in [0.29, 0.717) is 15.6 Å². The Bertz CT molecular complexity index is 927. The Hall–Kier alpha value is -2.75. The first kappa shape index (κ1) is 23.5. The second-order valence-electron chi connectivity index (χ2n) is 7.28. The number of benzene rings is 1. The average Bonchev–Trinajstić information content (AvgIpc) is 2.67. The van der Waals surface area contributed by atoms with E-state index in [4.69, 9.17) is 32.7 Å². The van der Waals surface area contributed by atoms with E-state index < -0.39 is 23.7 Å². The monoisotopic (exact) mass is 448 g/mol. The van der Waals surface area contributed by atoms with Crippen LogP contribution >= 0.6 is 23.2 Å². The van der Waals surface area contributed by atoms with Crippen LogP contribution in [0.5, 0.6) is 0 Å². The van der Waals surface area contributed by atoms with Gasteiger partial charge in [0.2, 0.25) is 0 Å². The molecular weight excluding hydrogens is 427 g/mol. The van der Waals surface area contributed by atoms with Crippen molar-refractivity contribution < 1.29 is 19.1 Å². The molecule has 0 bridgehead atoms. The minimum Gasteiger partial charge on any atom is -0.459 e. The van der Waals surface area contributed by atoms with E-state index in [1.54, 1.807) is 20.8 Å². The van der Waals surface area contributed by atoms with Crippen molar-refractivity contribution in [1.82, 2.24) is 10.3 Å². The van der Waals surface area contributed by atoms with Crippen molar-refractivity contribution in [2.24, 2.45) is 0 Å². The second-order valence-corrected chi connectivity index (χ2v) is 8.09. The first-order valence-corrected chi connectivity index (χ1v) is 9.89. The molecule has 1 N–H and O–H groups in total. The summed E-state index contributed by atoms with van der Waals surface area (Å²) in [6.07, 6.45) is 2.07. The maximum atomic E-state index is 12.6. The number of rotatable bonds is 5. The predicted octanol–water partition coefficient (Wildman–Crippen LogP) is 4.77. The molecule has 0 aliphatic carbocycles. The third kappa shape index (κ3) is 7.94. The number of alkyl carbamates (subject to hydrolysis) is 1. The molecule has 0 aliphatic rings. The number of pyridine rings is 1. The Morgan fingerprint density at radius 1 is 1.13 bits per heavy atom. The van der Waals surface area contributed by atoms with E-state index in [9.17, 15) is 9.59 Å². The zero-order chi connectivity index (χ0) is 22.1. The van der Waals surface area contributed by atoms with Crippen molar-refractivity contribution in [1.29, 1.82) is 0 Å². The van der Waals surface area contributed by atoms with Gasteiger partial charge in [0.1, 0.15) is 18.2 Å². The molecule has 158 valence electrons. The summed E-state index contributed by atoms with van der Waals surface area (Å²) in [6.45, 7) is 5.25. The zero-order valence-corrected chi connectivity index (χ0v) is 18.4. The summed E-state index contributed by atoms with van der Waals surface area (Å²) in [5.41, 5.74) is 0.497. The highest BCUT2D eigenvalue weighted by Gasteiger charge is 2.25. The van der Waals surface area contributed by atoms with Gasteiger partial charge in [0.15, 0.2) is 0 Å². The van der Waals surface area contributed by atoms with Gasteiger partial charge >= 0.3 is 12.1 Å². The van der Waals surface area contributed by atoms with Crippen molar-refractivity contribution in [2.75, 3.05) is 0 Å². The number of aromatic nitrogens is 1. The summed E-state index contributed by atoms with van der Waals surface area (Å²) in [7, 11) is 0. The zero-order valence-electron chi connectivity index (χ0n) is 16.9. The SMILES string of the molecule is CC(C)(C)OC(=O)N[C@@H](CC#Cc1c(Cl)cncc1Cl)C(=O)OCc1ccccc1. The summed E-state index contributed by atoms with van der Waals surface area (Å²) < 4.78 is 10.6. The number of hydrogen-bond acceptors (Lipinski definition) is 5. The van der Waals surface area contributed by atoms with Crippen molar-refractivity contribution >= 4 is 35.3 Å². The summed E-state index contributed by atoms with van der Waals surface area (Å²) in [5.74, 6) is 4.99. The number of ether oxygens (including phenoxy) is 2. The van der Waals surface area contributed by atoms with Crippen molar-refractivity contribution in [3.63, 3.8) is 0 Å². The number of nitrogens with zero attached hydrogens (tertiary/aromatic N) is 1. The molecule has 1 atom stereocenters. The van der Waals surface area contributed by atoms with E-state index >= 15 is 0 Å². The molecule has 0 aliphatic heterocycles. The standard InChI is InChI=1S/C22H22Cl2N2O4/c1-22(2,3)30-21(28)26-19(20(27)29-14-15-8-5-4-6-9-15)11-7-10-16-17(23)12-25-13-18(16)24/h4-6,8-9,12-13,19H,11,14H2,1-3H3,(H,26,28)/t19-/m0/s1. The lowest BCUT2D eigenvalue weighted by Crippen LogP contribution is -2.44. The molecule has 0 spiro atoms. The molecule has 0 fully saturated rings. The molecular formula is C22H22Cl2N2O4. The van der Waals surface area contributed by atoms with Crippen molar-refractivity contribution in [3.05, 3.63) is 63.9 Å². The third-order valence-corrected chi connectivity index (χ3v) is 4.15. The lowest BCUT2D eigenvalue weighted by Gasteiger charge is -2.22. The Balaban J connectivity index is 2.11. The average molecular weight is 449 g/mol. The van der Waals surface area contributed by atoms with E-state index in [-0.39, 0.29) is 13.0 Å². The first-order valence-electron chi connectivity index (χ1n) is 9.13. The van der Waals surface area contributed by atoms with Crippen LogP contribution in [0.2, 0.25) is 10.0 Å². The lowest BCUT2D eigenvalue weighted by atomic mass is 10.2. The molecule has 1 aromatic carbocycles. The fourth-order valence-corrected chi connectivity index (χ4v) is 2.70. The van der Waals surface area contributed by atoms with Crippen molar-refractivity contribution in [3.8, 4) is 11.8 Å². The summed E-state index contributed by atoms with van der Waals surface area (Å²) in [5, 5.41) is 3.09. The molecule has 8 heteroatoms. The normalized spacial score (nSPS) is 11.6. The number of hydrogen-bond donors (Lipinski definition) is 1. The van der Waals surface area contributed by atoms with E-state index in [0.717, 1.165) is 5.56 Å². The number of amides is 1. The highest BCUT2D eigenvalue weighted by molar-refractivity contribution is 6.36. The number of carbonyl (C=O) groups excluding carboxylic acids is 2. The van der Waals surface area contributed by atoms with E-state index in [1.807, 2.05) is 30.3 Å². The van der Waals surface area contributed by atoms with Crippen molar-refractivity contribution in [2.45, 2.75) is 45.4 Å². The summed E-state index contributed by atoms with van der Waals surface area (Å²) >= 11 is 12.1. The molecule has 2 aromatic rings. The Morgan fingerprint density at radius 2 is 1.77 bits per heavy atom. The smallest absolute Gasteiger partial charge is 0.408 e. The van der Waals surface area contributed by atoms with Crippen LogP contribution in [-0.2, 0) is 20.9 Å². The maximum Gasteiger partial charge on any atom is 0.408 e. The van der Waals surface area contributed by atoms with Gasteiger partial charge in [-0.15, -0.1) is 0 Å². The topological polar surface area (TPSA) is 77.5 Å². The molecule has 6 nitrogen and oxygen atoms in total. The van der Waals surface area contributed by atoms with Crippen LogP contribution in [0.1, 0.15) is 38.3 Å². The fourth-order valence-electron chi connectivity index (χ4n) is 2.24. The van der Waals surface area contributed by atoms with Gasteiger partial charge in [-0.25, -0.2) is 9.59 Å². The quantitative estimate of drug-likeness (QED) is 0.526. The van der Waals surface area contributed by atoms with Crippen LogP contribution in [-0.4, -0.2) is 28.7 Å². The van der Waals surface area contributed by atoms with Crippen LogP contribution in [0, 0.1) is 11.8 Å². The molecule has 30 heavy (non-hydrogen) atoms. The van der Waals surface area contributed by atoms with E-state index in [1.165, 1.54) is 12.4 Å². The van der Waals surface area contributed by atoms with Crippen LogP contribution in [0.15, 0.2) is 42.7 Å². The number of halogens is 2. The molecule has 0 radical (unpaired) electrons. The van der Waals surface area contributed by atoms with Gasteiger partial charge in [-0.3, -0.25) is 4.98 Å². The van der Waals surface area contributed by atoms with Crippen LogP contribution in [0.25, 0.3) is 0 Å². The first-order chi connectivity index (χ1) is 14.2. The van der Waals surface area contributed by atoms with Gasteiger partial charge in [-0.05, 0) is 26.3 Å². The minimum absolute atomic E-state index is 0.0259. The van der Waals surface area contributed by atoms with Gasteiger partial charge in [-0.2, -0.15) is 0 Å². The van der Waals surface area contributed by atoms with Gasteiger partial charge < -0.3 is 14.8 Å². The Kier molecular flexibility index (Phi) is 8.52. The third-order valence-electron chi connectivity index (χ3n) is 3.57. The maximum absolute atomic E-state index is 12.6. The number of carbonyl (C=O) groups is 2. The predicted molar refractivity (Wildman–Crippen MR) is 115 cm³/mol. The largest absolute Gasteiger partial charge is 0.459 e.